The number of carboxylic acids is 2. The molecule has 0 unspecified atom stereocenters. The van der Waals surface area contributed by atoms with Crippen molar-refractivity contribution >= 4 is 43.2 Å². The molecule has 0 spiro atoms. The van der Waals surface area contributed by atoms with Crippen LogP contribution in [0, 0.1) is 0 Å². The van der Waals surface area contributed by atoms with Gasteiger partial charge in [0.2, 0.25) is 11.8 Å². The Kier molecular flexibility index (Phi) is 12.7. The number of hydrogen-bond donors (Lipinski definition) is 6. The van der Waals surface area contributed by atoms with Gasteiger partial charge < -0.3 is 31.4 Å². The van der Waals surface area contributed by atoms with Gasteiger partial charge in [0, 0.05) is 12.2 Å². The first kappa shape index (κ1) is 22.1. The number of carbonyl (C=O) groups excluding carboxylic acids is 3. The Morgan fingerprint density at radius 3 is 2.14 bits per heavy atom. The van der Waals surface area contributed by atoms with E-state index in [0.29, 0.717) is 0 Å². The zero-order valence-corrected chi connectivity index (χ0v) is 12.5. The highest BCUT2D eigenvalue weighted by Crippen LogP contribution is 1.97. The first-order chi connectivity index (χ1) is 10.3. The van der Waals surface area contributed by atoms with Crippen LogP contribution in [-0.4, -0.2) is 65.1 Å². The number of carbonyl (C=O) groups is 5. The Morgan fingerprint density at radius 2 is 1.73 bits per heavy atom. The van der Waals surface area contributed by atoms with E-state index in [2.05, 4.69) is 23.3 Å². The van der Waals surface area contributed by atoms with Crippen LogP contribution in [0.15, 0.2) is 0 Å². The third-order valence-electron chi connectivity index (χ3n) is 2.25. The maximum absolute atomic E-state index is 11.5. The molecule has 126 valence electrons. The Morgan fingerprint density at radius 1 is 1.18 bits per heavy atom. The fourth-order valence-electron chi connectivity index (χ4n) is 1.16. The highest BCUT2D eigenvalue weighted by molar-refractivity contribution is 7.80. The molecule has 0 fully saturated rings. The van der Waals surface area contributed by atoms with Crippen LogP contribution in [-0.2, 0) is 24.0 Å². The number of amides is 2. The summed E-state index contributed by atoms with van der Waals surface area (Å²) in [5, 5.41) is 21.4. The van der Waals surface area contributed by atoms with E-state index in [1.54, 1.807) is 0 Å². The van der Waals surface area contributed by atoms with Gasteiger partial charge in [-0.25, -0.2) is 0 Å². The number of hydrogen-bond acceptors (Lipinski definition) is 7. The third kappa shape index (κ3) is 10.6. The molecule has 10 nitrogen and oxygen atoms in total. The lowest BCUT2D eigenvalue weighted by Crippen LogP contribution is -2.49. The van der Waals surface area contributed by atoms with E-state index in [1.165, 1.54) is 0 Å². The molecule has 0 bridgehead atoms. The molecule has 0 aromatic rings. The van der Waals surface area contributed by atoms with Crippen molar-refractivity contribution in [1.82, 2.24) is 10.6 Å². The van der Waals surface area contributed by atoms with Crippen LogP contribution >= 0.6 is 12.6 Å². The second-order valence-corrected chi connectivity index (χ2v) is 4.26. The largest absolute Gasteiger partial charge is 0.480 e. The van der Waals surface area contributed by atoms with E-state index in [1.807, 2.05) is 6.79 Å². The number of rotatable bonds is 9. The molecule has 6 N–H and O–H groups in total. The Labute approximate surface area is 131 Å². The van der Waals surface area contributed by atoms with Crippen molar-refractivity contribution in [2.75, 3.05) is 12.3 Å². The van der Waals surface area contributed by atoms with Gasteiger partial charge in [-0.3, -0.25) is 19.2 Å². The number of nitrogens with one attached hydrogen (secondary N) is 2. The molecular formula is C11H19N3O7S. The van der Waals surface area contributed by atoms with Gasteiger partial charge in [0.1, 0.15) is 25.4 Å². The standard InChI is InChI=1S/C10H17N3O6S.CH2O/c11-5(10(18)19)1-2-7(14)13-6(4-20)9(17)12-3-8(15)16;1-2/h5-6,20H,1-4,11H2,(H,12,17)(H,13,14)(H,15,16)(H,18,19);1H2/t5-,6-;/m0./s1. The molecule has 0 saturated carbocycles. The molecule has 0 heterocycles. The van der Waals surface area contributed by atoms with Gasteiger partial charge in [0.25, 0.3) is 0 Å². The lowest BCUT2D eigenvalue weighted by Gasteiger charge is -2.16. The summed E-state index contributed by atoms with van der Waals surface area (Å²) in [6, 6.07) is -2.15. The van der Waals surface area contributed by atoms with Crippen molar-refractivity contribution in [3.05, 3.63) is 0 Å². The quantitative estimate of drug-likeness (QED) is 0.252. The maximum Gasteiger partial charge on any atom is 0.322 e. The summed E-state index contributed by atoms with van der Waals surface area (Å²) < 4.78 is 0. The van der Waals surface area contributed by atoms with Gasteiger partial charge in [0.05, 0.1) is 0 Å². The van der Waals surface area contributed by atoms with Crippen LogP contribution in [0.4, 0.5) is 0 Å². The molecule has 0 rings (SSSR count). The molecule has 0 radical (unpaired) electrons. The smallest absolute Gasteiger partial charge is 0.322 e. The third-order valence-corrected chi connectivity index (χ3v) is 2.61. The van der Waals surface area contributed by atoms with Gasteiger partial charge in [-0.05, 0) is 6.42 Å². The monoisotopic (exact) mass is 337 g/mol. The van der Waals surface area contributed by atoms with E-state index in [-0.39, 0.29) is 18.6 Å². The molecule has 0 aliphatic rings. The first-order valence-corrected chi connectivity index (χ1v) is 6.58. The average molecular weight is 337 g/mol. The molecule has 0 aliphatic carbocycles. The molecule has 11 heteroatoms. The molecular weight excluding hydrogens is 318 g/mol. The fourth-order valence-corrected chi connectivity index (χ4v) is 1.41. The van der Waals surface area contributed by atoms with E-state index >= 15 is 0 Å². The summed E-state index contributed by atoms with van der Waals surface area (Å²) in [4.78, 5) is 51.7. The van der Waals surface area contributed by atoms with Crippen LogP contribution in [0.2, 0.25) is 0 Å². The highest BCUT2D eigenvalue weighted by atomic mass is 32.1. The fraction of sp³-hybridized carbons (Fsp3) is 0.545. The van der Waals surface area contributed by atoms with Crippen LogP contribution in [0.25, 0.3) is 0 Å². The predicted octanol–water partition coefficient (Wildman–Crippen LogP) is -2.39. The van der Waals surface area contributed by atoms with Crippen LogP contribution in [0.5, 0.6) is 0 Å². The van der Waals surface area contributed by atoms with Crippen molar-refractivity contribution < 1.29 is 34.2 Å². The summed E-state index contributed by atoms with van der Waals surface area (Å²) in [5.74, 6) is -3.70. The van der Waals surface area contributed by atoms with Crippen molar-refractivity contribution in [1.29, 1.82) is 0 Å². The van der Waals surface area contributed by atoms with Crippen LogP contribution in [0.3, 0.4) is 0 Å². The minimum absolute atomic E-state index is 0.0256. The van der Waals surface area contributed by atoms with Gasteiger partial charge in [-0.1, -0.05) is 0 Å². The lowest BCUT2D eigenvalue weighted by atomic mass is 10.1. The highest BCUT2D eigenvalue weighted by Gasteiger charge is 2.20. The second-order valence-electron chi connectivity index (χ2n) is 3.90. The number of aliphatic carboxylic acids is 2. The predicted molar refractivity (Wildman–Crippen MR) is 78.4 cm³/mol. The van der Waals surface area contributed by atoms with Gasteiger partial charge in [-0.15, -0.1) is 0 Å². The molecule has 0 aromatic heterocycles. The molecule has 2 amide bonds. The van der Waals surface area contributed by atoms with Crippen molar-refractivity contribution in [2.45, 2.75) is 24.9 Å². The zero-order valence-electron chi connectivity index (χ0n) is 11.7. The Hall–Kier alpha value is -2.14. The Balaban J connectivity index is 0. The SMILES string of the molecule is C=O.N[C@@H](CCC(=O)N[C@@H](CS)C(=O)NCC(=O)O)C(=O)O. The van der Waals surface area contributed by atoms with E-state index in [4.69, 9.17) is 20.7 Å². The van der Waals surface area contributed by atoms with Gasteiger partial charge >= 0.3 is 11.9 Å². The van der Waals surface area contributed by atoms with E-state index < -0.39 is 42.4 Å². The van der Waals surface area contributed by atoms with Crippen molar-refractivity contribution in [3.8, 4) is 0 Å². The number of thiol groups is 1. The number of nitrogens with two attached hydrogens (primary N) is 1. The normalized spacial score (nSPS) is 12.1. The van der Waals surface area contributed by atoms with Gasteiger partial charge in [-0.2, -0.15) is 12.6 Å². The van der Waals surface area contributed by atoms with E-state index in [0.717, 1.165) is 0 Å². The summed E-state index contributed by atoms with van der Waals surface area (Å²) >= 11 is 3.87. The van der Waals surface area contributed by atoms with Crippen molar-refractivity contribution in [3.63, 3.8) is 0 Å². The first-order valence-electron chi connectivity index (χ1n) is 5.95. The lowest BCUT2D eigenvalue weighted by molar-refractivity contribution is -0.139. The molecule has 0 aromatic carbocycles. The van der Waals surface area contributed by atoms with Crippen LogP contribution in [0.1, 0.15) is 12.8 Å². The maximum atomic E-state index is 11.5. The summed E-state index contributed by atoms with van der Waals surface area (Å²) in [7, 11) is 0. The molecule has 0 saturated heterocycles. The summed E-state index contributed by atoms with van der Waals surface area (Å²) in [6.45, 7) is 1.43. The second kappa shape index (κ2) is 12.6. The van der Waals surface area contributed by atoms with Crippen molar-refractivity contribution in [2.24, 2.45) is 5.73 Å². The zero-order chi connectivity index (χ0) is 17.7. The minimum Gasteiger partial charge on any atom is -0.480 e. The summed E-state index contributed by atoms with van der Waals surface area (Å²) in [5.41, 5.74) is 5.23. The Bertz CT molecular complexity index is 405. The average Bonchev–Trinajstić information content (AvgIpc) is 2.49. The minimum atomic E-state index is -1.22. The molecule has 2 atom stereocenters. The van der Waals surface area contributed by atoms with Crippen LogP contribution < -0.4 is 16.4 Å². The summed E-state index contributed by atoms with van der Waals surface area (Å²) in [6.07, 6.45) is -0.235. The topological polar surface area (TPSA) is 176 Å². The van der Waals surface area contributed by atoms with E-state index in [9.17, 15) is 19.2 Å². The molecule has 22 heavy (non-hydrogen) atoms. The van der Waals surface area contributed by atoms with Gasteiger partial charge in [0.15, 0.2) is 0 Å². The number of carboxylic acid groups (broad SMARTS) is 2. The molecule has 0 aliphatic heterocycles.